The quantitative estimate of drug-likeness (QED) is 0.480. The Bertz CT molecular complexity index is 1070. The first-order valence-corrected chi connectivity index (χ1v) is 9.35. The van der Waals surface area contributed by atoms with Crippen molar-refractivity contribution in [2.24, 2.45) is 0 Å². The van der Waals surface area contributed by atoms with Crippen LogP contribution in [0.2, 0.25) is 0 Å². The van der Waals surface area contributed by atoms with Crippen LogP contribution in [0.25, 0.3) is 17.2 Å². The molecule has 0 aliphatic heterocycles. The van der Waals surface area contributed by atoms with Crippen molar-refractivity contribution in [2.45, 2.75) is 12.8 Å². The second-order valence-corrected chi connectivity index (χ2v) is 6.63. The fourth-order valence-corrected chi connectivity index (χ4v) is 2.94. The third-order valence-electron chi connectivity index (χ3n) is 4.20. The summed E-state index contributed by atoms with van der Waals surface area (Å²) in [5.41, 5.74) is 3.01. The molecule has 0 saturated heterocycles. The topological polar surface area (TPSA) is 55.8 Å². The molecule has 0 amide bonds. The molecular formula is C24H19F3O4. The van der Waals surface area contributed by atoms with E-state index < -0.39 is 12.3 Å². The second kappa shape index (κ2) is 9.84. The fraction of sp³-hybridized carbons (Fsp3) is 0.125. The van der Waals surface area contributed by atoms with Gasteiger partial charge in [0.25, 0.3) is 0 Å². The second-order valence-electron chi connectivity index (χ2n) is 6.63. The predicted octanol–water partition coefficient (Wildman–Crippen LogP) is 5.97. The number of carboxylic acid groups (broad SMARTS) is 1. The van der Waals surface area contributed by atoms with Crippen LogP contribution in [0, 0.1) is 0 Å². The minimum Gasteiger partial charge on any atom is -0.490 e. The Hall–Kier alpha value is -3.74. The smallest absolute Gasteiger partial charge is 0.490 e. The summed E-state index contributed by atoms with van der Waals surface area (Å²) in [5.74, 6) is -0.565. The van der Waals surface area contributed by atoms with Gasteiger partial charge in [-0.1, -0.05) is 54.6 Å². The van der Waals surface area contributed by atoms with Gasteiger partial charge in [-0.25, -0.2) is 0 Å². The van der Waals surface area contributed by atoms with Gasteiger partial charge in [-0.15, -0.1) is 13.2 Å². The summed E-state index contributed by atoms with van der Waals surface area (Å²) >= 11 is 0. The van der Waals surface area contributed by atoms with Gasteiger partial charge in [0.05, 0.1) is 6.42 Å². The first-order chi connectivity index (χ1) is 14.8. The molecule has 0 aromatic heterocycles. The third kappa shape index (κ3) is 7.22. The van der Waals surface area contributed by atoms with E-state index in [9.17, 15) is 18.0 Å². The van der Waals surface area contributed by atoms with E-state index >= 15 is 0 Å². The summed E-state index contributed by atoms with van der Waals surface area (Å²) in [6.45, 7) is 0.215. The lowest BCUT2D eigenvalue weighted by atomic mass is 10.0. The van der Waals surface area contributed by atoms with Crippen LogP contribution in [0.1, 0.15) is 11.1 Å². The number of ether oxygens (including phenoxy) is 2. The molecule has 3 aromatic rings. The molecule has 0 heterocycles. The standard InChI is InChI=1S/C24H19F3O4/c25-24(26,27)31-22-11-2-5-17(14-22)7-4-12-30-21-10-3-9-20(16-21)19-8-1-6-18(13-19)15-23(28)29/h1-11,13-14,16H,12,15H2,(H,28,29). The minimum atomic E-state index is -4.73. The lowest BCUT2D eigenvalue weighted by Crippen LogP contribution is -2.17. The van der Waals surface area contributed by atoms with E-state index in [-0.39, 0.29) is 18.8 Å². The zero-order valence-corrected chi connectivity index (χ0v) is 16.3. The van der Waals surface area contributed by atoms with Crippen LogP contribution in [0.3, 0.4) is 0 Å². The Balaban J connectivity index is 1.62. The van der Waals surface area contributed by atoms with Gasteiger partial charge in [0, 0.05) is 0 Å². The van der Waals surface area contributed by atoms with Gasteiger partial charge in [-0.2, -0.15) is 0 Å². The zero-order chi connectivity index (χ0) is 22.3. The Morgan fingerprint density at radius 1 is 0.903 bits per heavy atom. The van der Waals surface area contributed by atoms with E-state index in [1.54, 1.807) is 36.4 Å². The molecule has 160 valence electrons. The molecule has 0 fully saturated rings. The lowest BCUT2D eigenvalue weighted by molar-refractivity contribution is -0.274. The summed E-state index contributed by atoms with van der Waals surface area (Å²) in [5, 5.41) is 8.96. The van der Waals surface area contributed by atoms with Gasteiger partial charge in [0.15, 0.2) is 0 Å². The number of alkyl halides is 3. The van der Waals surface area contributed by atoms with Crippen LogP contribution in [-0.4, -0.2) is 24.0 Å². The average molecular weight is 428 g/mol. The van der Waals surface area contributed by atoms with E-state index in [1.807, 2.05) is 30.3 Å². The molecule has 0 saturated carbocycles. The van der Waals surface area contributed by atoms with Gasteiger partial charge < -0.3 is 14.6 Å². The van der Waals surface area contributed by atoms with Gasteiger partial charge in [0.2, 0.25) is 0 Å². The largest absolute Gasteiger partial charge is 0.573 e. The molecule has 7 heteroatoms. The van der Waals surface area contributed by atoms with Crippen molar-refractivity contribution in [1.82, 2.24) is 0 Å². The number of halogens is 3. The molecule has 1 N–H and O–H groups in total. The Kier molecular flexibility index (Phi) is 6.97. The van der Waals surface area contributed by atoms with E-state index in [0.29, 0.717) is 16.9 Å². The highest BCUT2D eigenvalue weighted by Gasteiger charge is 2.30. The summed E-state index contributed by atoms with van der Waals surface area (Å²) in [7, 11) is 0. The van der Waals surface area contributed by atoms with Crippen molar-refractivity contribution in [1.29, 1.82) is 0 Å². The normalized spacial score (nSPS) is 11.5. The van der Waals surface area contributed by atoms with E-state index in [1.165, 1.54) is 18.2 Å². The number of rotatable bonds is 8. The van der Waals surface area contributed by atoms with Crippen molar-refractivity contribution in [3.63, 3.8) is 0 Å². The first-order valence-electron chi connectivity index (χ1n) is 9.35. The molecule has 0 aliphatic rings. The maximum absolute atomic E-state index is 12.3. The molecule has 0 radical (unpaired) electrons. The maximum Gasteiger partial charge on any atom is 0.573 e. The van der Waals surface area contributed by atoms with Gasteiger partial charge in [0.1, 0.15) is 18.1 Å². The van der Waals surface area contributed by atoms with Crippen molar-refractivity contribution < 1.29 is 32.5 Å². The number of benzene rings is 3. The number of aliphatic carboxylic acids is 1. The van der Waals surface area contributed by atoms with Crippen LogP contribution in [0.5, 0.6) is 11.5 Å². The Morgan fingerprint density at radius 2 is 1.58 bits per heavy atom. The van der Waals surface area contributed by atoms with Crippen LogP contribution < -0.4 is 9.47 Å². The molecule has 0 aliphatic carbocycles. The molecule has 0 unspecified atom stereocenters. The highest BCUT2D eigenvalue weighted by molar-refractivity contribution is 5.72. The first kappa shape index (κ1) is 22.0. The predicted molar refractivity (Wildman–Crippen MR) is 111 cm³/mol. The number of hydrogen-bond donors (Lipinski definition) is 1. The van der Waals surface area contributed by atoms with Crippen molar-refractivity contribution >= 4 is 12.0 Å². The van der Waals surface area contributed by atoms with E-state index in [2.05, 4.69) is 4.74 Å². The summed E-state index contributed by atoms with van der Waals surface area (Å²) in [6, 6.07) is 20.3. The molecule has 3 aromatic carbocycles. The average Bonchev–Trinajstić information content (AvgIpc) is 2.70. The number of hydrogen-bond acceptors (Lipinski definition) is 3. The van der Waals surface area contributed by atoms with Crippen LogP contribution in [0.4, 0.5) is 13.2 Å². The molecule has 3 rings (SSSR count). The van der Waals surface area contributed by atoms with Gasteiger partial charge >= 0.3 is 12.3 Å². The number of carboxylic acids is 1. The zero-order valence-electron chi connectivity index (χ0n) is 16.3. The van der Waals surface area contributed by atoms with Gasteiger partial charge in [-0.05, 0) is 52.6 Å². The van der Waals surface area contributed by atoms with Crippen LogP contribution in [0.15, 0.2) is 78.9 Å². The third-order valence-corrected chi connectivity index (χ3v) is 4.20. The summed E-state index contributed by atoms with van der Waals surface area (Å²) < 4.78 is 46.6. The molecule has 31 heavy (non-hydrogen) atoms. The summed E-state index contributed by atoms with van der Waals surface area (Å²) in [4.78, 5) is 10.9. The van der Waals surface area contributed by atoms with Crippen molar-refractivity contribution in [3.05, 3.63) is 90.0 Å². The van der Waals surface area contributed by atoms with Crippen LogP contribution in [-0.2, 0) is 11.2 Å². The number of carbonyl (C=O) groups is 1. The van der Waals surface area contributed by atoms with E-state index in [4.69, 9.17) is 9.84 Å². The Morgan fingerprint density at radius 3 is 2.32 bits per heavy atom. The molecule has 0 atom stereocenters. The van der Waals surface area contributed by atoms with E-state index in [0.717, 1.165) is 11.1 Å². The summed E-state index contributed by atoms with van der Waals surface area (Å²) in [6.07, 6.45) is -1.46. The highest BCUT2D eigenvalue weighted by atomic mass is 19.4. The van der Waals surface area contributed by atoms with Crippen molar-refractivity contribution in [3.8, 4) is 22.6 Å². The highest BCUT2D eigenvalue weighted by Crippen LogP contribution is 2.26. The molecule has 0 bridgehead atoms. The minimum absolute atomic E-state index is 0.0516. The molecule has 0 spiro atoms. The lowest BCUT2D eigenvalue weighted by Gasteiger charge is -2.09. The van der Waals surface area contributed by atoms with Gasteiger partial charge in [-0.3, -0.25) is 4.79 Å². The van der Waals surface area contributed by atoms with Crippen LogP contribution >= 0.6 is 0 Å². The SMILES string of the molecule is O=C(O)Cc1cccc(-c2cccc(OCC=Cc3cccc(OC(F)(F)F)c3)c2)c1. The maximum atomic E-state index is 12.3. The Labute approximate surface area is 177 Å². The molecular weight excluding hydrogens is 409 g/mol. The monoisotopic (exact) mass is 428 g/mol. The molecule has 4 nitrogen and oxygen atoms in total. The fourth-order valence-electron chi connectivity index (χ4n) is 2.94. The van der Waals surface area contributed by atoms with Crippen molar-refractivity contribution in [2.75, 3.05) is 6.61 Å².